The highest BCUT2D eigenvalue weighted by molar-refractivity contribution is 9.10. The van der Waals surface area contributed by atoms with Crippen molar-refractivity contribution in [2.45, 2.75) is 67.2 Å². The summed E-state index contributed by atoms with van der Waals surface area (Å²) < 4.78 is 0.727. The van der Waals surface area contributed by atoms with Crippen LogP contribution in [-0.4, -0.2) is 88.3 Å². The molecule has 7 rings (SSSR count). The molecule has 1 unspecified atom stereocenters. The van der Waals surface area contributed by atoms with E-state index in [9.17, 15) is 14.4 Å². The summed E-state index contributed by atoms with van der Waals surface area (Å²) in [7, 11) is 0. The Morgan fingerprint density at radius 2 is 1.84 bits per heavy atom. The molecule has 258 valence electrons. The van der Waals surface area contributed by atoms with Gasteiger partial charge in [-0.05, 0) is 71.4 Å². The lowest BCUT2D eigenvalue weighted by Gasteiger charge is -2.37. The Balaban J connectivity index is 0.968. The van der Waals surface area contributed by atoms with E-state index < -0.39 is 11.9 Å². The Bertz CT molecular complexity index is 1810. The van der Waals surface area contributed by atoms with Gasteiger partial charge in [-0.15, -0.1) is 0 Å². The van der Waals surface area contributed by atoms with E-state index in [1.54, 1.807) is 11.1 Å². The van der Waals surface area contributed by atoms with Crippen molar-refractivity contribution in [2.75, 3.05) is 54.8 Å². The number of hydrogen-bond donors (Lipinski definition) is 3. The van der Waals surface area contributed by atoms with Crippen LogP contribution in [0.5, 0.6) is 0 Å². The topological polar surface area (TPSA) is 154 Å². The van der Waals surface area contributed by atoms with E-state index >= 15 is 0 Å². The lowest BCUT2D eigenvalue weighted by Crippen LogP contribution is -2.52. The first kappa shape index (κ1) is 34.0. The van der Waals surface area contributed by atoms with Crippen LogP contribution in [0.4, 0.5) is 17.3 Å². The molecule has 3 amide bonds. The zero-order chi connectivity index (χ0) is 34.4. The average Bonchev–Trinajstić information content (AvgIpc) is 3.39. The van der Waals surface area contributed by atoms with Gasteiger partial charge in [0, 0.05) is 73.7 Å². The van der Waals surface area contributed by atoms with E-state index in [4.69, 9.17) is 23.1 Å². The second kappa shape index (κ2) is 13.7. The zero-order valence-electron chi connectivity index (χ0n) is 27.3. The molecule has 4 aliphatic heterocycles. The molecule has 5 heterocycles. The molecule has 3 fully saturated rings. The van der Waals surface area contributed by atoms with Gasteiger partial charge in [-0.1, -0.05) is 35.5 Å². The largest absolute Gasteiger partial charge is 0.381 e. The van der Waals surface area contributed by atoms with Gasteiger partial charge in [0.2, 0.25) is 11.8 Å². The summed E-state index contributed by atoms with van der Waals surface area (Å²) in [5, 5.41) is 3.65. The second-order valence-corrected chi connectivity index (χ2v) is 15.8. The number of fused-ring (bicyclic) bond motifs is 1. The maximum absolute atomic E-state index is 13.3. The smallest absolute Gasteiger partial charge is 0.256 e. The first-order valence-electron chi connectivity index (χ1n) is 16.5. The molecule has 5 N–H and O–H groups in total. The molecular weight excluding hydrogens is 730 g/mol. The summed E-state index contributed by atoms with van der Waals surface area (Å²) >= 11 is 12.0. The van der Waals surface area contributed by atoms with Crippen LogP contribution in [0.15, 0.2) is 50.9 Å². The number of amides is 3. The van der Waals surface area contributed by atoms with Gasteiger partial charge in [0.25, 0.3) is 5.91 Å². The number of rotatable bonds is 7. The van der Waals surface area contributed by atoms with Crippen molar-refractivity contribution >= 4 is 74.3 Å². The predicted octanol–water partition coefficient (Wildman–Crippen LogP) is 4.03. The number of nitrogens with two attached hydrogens (primary N) is 2. The standard InChI is InChI=1S/C34H39BrClN9O3S/c1-34(38)7-9-44(10-8-34)26-17-39-32(30(37)40-26)49-25-4-2-3-23(29(25)36)43-13-11-42(12-14-43)18-20-15-21-19-45(33(48)28(21)22(35)16-20)24-5-6-27(46)41-31(24)47/h2-4,15-17,24H,5-14,18-19,38H2,1H3,(H2,37,40)(H,41,46,47). The lowest BCUT2D eigenvalue weighted by molar-refractivity contribution is -0.136. The molecular formula is C34H39BrClN9O3S. The normalized spacial score (nSPS) is 21.3. The number of anilines is 3. The van der Waals surface area contributed by atoms with Crippen molar-refractivity contribution in [3.8, 4) is 0 Å². The van der Waals surface area contributed by atoms with Crippen LogP contribution < -0.4 is 26.6 Å². The van der Waals surface area contributed by atoms with E-state index in [2.05, 4.69) is 58.9 Å². The summed E-state index contributed by atoms with van der Waals surface area (Å²) in [6, 6.07) is 9.46. The van der Waals surface area contributed by atoms with Crippen LogP contribution in [0.1, 0.15) is 54.1 Å². The third kappa shape index (κ3) is 7.11. The van der Waals surface area contributed by atoms with Gasteiger partial charge in [0.1, 0.15) is 16.9 Å². The zero-order valence-corrected chi connectivity index (χ0v) is 30.4. The second-order valence-electron chi connectivity index (χ2n) is 13.5. The van der Waals surface area contributed by atoms with Crippen molar-refractivity contribution in [1.82, 2.24) is 25.1 Å². The van der Waals surface area contributed by atoms with Gasteiger partial charge in [-0.3, -0.25) is 24.6 Å². The third-order valence-corrected chi connectivity index (χ3v) is 12.1. The highest BCUT2D eigenvalue weighted by Crippen LogP contribution is 2.40. The van der Waals surface area contributed by atoms with E-state index in [0.717, 1.165) is 90.7 Å². The SMILES string of the molecule is CC1(N)CCN(c2cnc(Sc3cccc(N4CCN(Cc5cc(Br)c6c(c5)CN(C5CCC(=O)NC5=O)C6=O)CC4)c3Cl)c(N)n2)CC1. The van der Waals surface area contributed by atoms with Gasteiger partial charge < -0.3 is 26.2 Å². The summed E-state index contributed by atoms with van der Waals surface area (Å²) in [4.78, 5) is 56.0. The lowest BCUT2D eigenvalue weighted by atomic mass is 9.91. The van der Waals surface area contributed by atoms with E-state index in [1.807, 2.05) is 24.3 Å². The van der Waals surface area contributed by atoms with Crippen molar-refractivity contribution in [3.63, 3.8) is 0 Å². The quantitative estimate of drug-likeness (QED) is 0.299. The minimum Gasteiger partial charge on any atom is -0.381 e. The number of piperidine rings is 2. The Kier molecular flexibility index (Phi) is 9.52. The van der Waals surface area contributed by atoms with Crippen LogP contribution in [0, 0.1) is 0 Å². The van der Waals surface area contributed by atoms with Crippen LogP contribution in [0.2, 0.25) is 5.02 Å². The number of carbonyl (C=O) groups is 3. The van der Waals surface area contributed by atoms with E-state index in [1.165, 1.54) is 11.8 Å². The molecule has 12 nitrogen and oxygen atoms in total. The summed E-state index contributed by atoms with van der Waals surface area (Å²) in [6.45, 7) is 8.09. The van der Waals surface area contributed by atoms with Crippen LogP contribution >= 0.6 is 39.3 Å². The first-order chi connectivity index (χ1) is 23.5. The monoisotopic (exact) mass is 767 g/mol. The minimum atomic E-state index is -0.635. The Morgan fingerprint density at radius 3 is 2.55 bits per heavy atom. The first-order valence-corrected chi connectivity index (χ1v) is 18.5. The van der Waals surface area contributed by atoms with Gasteiger partial charge in [-0.2, -0.15) is 0 Å². The molecule has 0 saturated carbocycles. The fraction of sp³-hybridized carbons (Fsp3) is 0.441. The fourth-order valence-corrected chi connectivity index (χ4v) is 8.89. The van der Waals surface area contributed by atoms with Crippen LogP contribution in [0.3, 0.4) is 0 Å². The Hall–Kier alpha value is -3.43. The maximum atomic E-state index is 13.3. The predicted molar refractivity (Wildman–Crippen MR) is 194 cm³/mol. The minimum absolute atomic E-state index is 0.146. The number of halogens is 2. The molecule has 3 aromatic rings. The Morgan fingerprint density at radius 1 is 1.08 bits per heavy atom. The number of nitrogen functional groups attached to an aromatic ring is 1. The van der Waals surface area contributed by atoms with Crippen molar-refractivity contribution in [3.05, 3.63) is 62.7 Å². The highest BCUT2D eigenvalue weighted by atomic mass is 79.9. The molecule has 15 heteroatoms. The van der Waals surface area contributed by atoms with Crippen molar-refractivity contribution < 1.29 is 14.4 Å². The van der Waals surface area contributed by atoms with Gasteiger partial charge in [0.15, 0.2) is 5.82 Å². The summed E-state index contributed by atoms with van der Waals surface area (Å²) in [5.74, 6) is 0.266. The summed E-state index contributed by atoms with van der Waals surface area (Å²) in [6.07, 6.45) is 4.13. The molecule has 49 heavy (non-hydrogen) atoms. The number of piperazine rings is 1. The Labute approximate surface area is 303 Å². The van der Waals surface area contributed by atoms with Gasteiger partial charge in [-0.25, -0.2) is 9.97 Å². The van der Waals surface area contributed by atoms with Gasteiger partial charge in [0.05, 0.1) is 22.5 Å². The highest BCUT2D eigenvalue weighted by Gasteiger charge is 2.40. The molecule has 4 aliphatic rings. The fourth-order valence-electron chi connectivity index (χ4n) is 7.00. The molecule has 2 aromatic carbocycles. The molecule has 1 atom stereocenters. The molecule has 0 radical (unpaired) electrons. The maximum Gasteiger partial charge on any atom is 0.256 e. The number of aromatic nitrogens is 2. The number of imide groups is 1. The van der Waals surface area contributed by atoms with Crippen LogP contribution in [0.25, 0.3) is 0 Å². The third-order valence-electron chi connectivity index (χ3n) is 9.88. The van der Waals surface area contributed by atoms with Crippen molar-refractivity contribution in [2.24, 2.45) is 5.73 Å². The van der Waals surface area contributed by atoms with Gasteiger partial charge >= 0.3 is 0 Å². The number of hydrogen-bond acceptors (Lipinski definition) is 11. The van der Waals surface area contributed by atoms with Crippen LogP contribution in [-0.2, 0) is 22.7 Å². The average molecular weight is 769 g/mol. The molecule has 3 saturated heterocycles. The number of benzene rings is 2. The van der Waals surface area contributed by atoms with E-state index in [-0.39, 0.29) is 23.8 Å². The van der Waals surface area contributed by atoms with E-state index in [0.29, 0.717) is 34.4 Å². The molecule has 0 bridgehead atoms. The molecule has 1 aromatic heterocycles. The number of nitrogens with one attached hydrogen (secondary N) is 1. The molecule has 0 aliphatic carbocycles. The van der Waals surface area contributed by atoms with Crippen molar-refractivity contribution in [1.29, 1.82) is 0 Å². The number of carbonyl (C=O) groups excluding carboxylic acids is 3. The summed E-state index contributed by atoms with van der Waals surface area (Å²) in [5.41, 5.74) is 16.1. The number of nitrogens with zero attached hydrogens (tertiary/aromatic N) is 6. The molecule has 0 spiro atoms.